The van der Waals surface area contributed by atoms with Gasteiger partial charge in [0.1, 0.15) is 11.9 Å². The summed E-state index contributed by atoms with van der Waals surface area (Å²) in [5, 5.41) is 9.83. The summed E-state index contributed by atoms with van der Waals surface area (Å²) in [5.41, 5.74) is 1.95. The molecule has 0 spiro atoms. The van der Waals surface area contributed by atoms with E-state index in [4.69, 9.17) is 4.98 Å². The molecule has 1 aromatic heterocycles. The molecule has 2 aliphatic rings. The van der Waals surface area contributed by atoms with Gasteiger partial charge in [0.2, 0.25) is 0 Å². The average molecular weight is 349 g/mol. The first kappa shape index (κ1) is 17.3. The SMILES string of the molecule is Cn1cc(C(C#N)N2CCN(C3CCCC3)CC2)nc1-c1ccccc1. The van der Waals surface area contributed by atoms with Crippen LogP contribution in [0.5, 0.6) is 0 Å². The van der Waals surface area contributed by atoms with Crippen LogP contribution in [0.4, 0.5) is 0 Å². The van der Waals surface area contributed by atoms with Crippen molar-refractivity contribution in [2.45, 2.75) is 37.8 Å². The first-order valence-electron chi connectivity index (χ1n) is 9.72. The molecule has 1 aliphatic heterocycles. The second kappa shape index (κ2) is 7.61. The molecule has 4 rings (SSSR count). The van der Waals surface area contributed by atoms with Crippen molar-refractivity contribution in [1.29, 1.82) is 5.26 Å². The molecular weight excluding hydrogens is 322 g/mol. The molecule has 136 valence electrons. The molecule has 5 heteroatoms. The quantitative estimate of drug-likeness (QED) is 0.850. The Hall–Kier alpha value is -2.16. The lowest BCUT2D eigenvalue weighted by Crippen LogP contribution is -2.50. The Morgan fingerprint density at radius 1 is 1.08 bits per heavy atom. The lowest BCUT2D eigenvalue weighted by Gasteiger charge is -2.39. The predicted octanol–water partition coefficient (Wildman–Crippen LogP) is 3.21. The standard InChI is InChI=1S/C21H27N5/c1-24-16-19(23-21(24)17-7-3-2-4-8-17)20(15-22)26-13-11-25(12-14-26)18-9-5-6-10-18/h2-4,7-8,16,18,20H,5-6,9-14H2,1H3. The maximum absolute atomic E-state index is 9.83. The van der Waals surface area contributed by atoms with Gasteiger partial charge in [0.15, 0.2) is 0 Å². The fourth-order valence-corrected chi connectivity index (χ4v) is 4.44. The number of nitrogens with zero attached hydrogens (tertiary/aromatic N) is 5. The highest BCUT2D eigenvalue weighted by molar-refractivity contribution is 5.55. The molecule has 0 N–H and O–H groups in total. The van der Waals surface area contributed by atoms with Gasteiger partial charge in [0, 0.05) is 51.0 Å². The van der Waals surface area contributed by atoms with Crippen LogP contribution < -0.4 is 0 Å². The molecule has 26 heavy (non-hydrogen) atoms. The number of imidazole rings is 1. The van der Waals surface area contributed by atoms with Gasteiger partial charge in [-0.2, -0.15) is 5.26 Å². The van der Waals surface area contributed by atoms with Crippen molar-refractivity contribution in [1.82, 2.24) is 19.4 Å². The van der Waals surface area contributed by atoms with E-state index in [1.54, 1.807) is 0 Å². The highest BCUT2D eigenvalue weighted by atomic mass is 15.3. The number of aromatic nitrogens is 2. The topological polar surface area (TPSA) is 48.1 Å². The summed E-state index contributed by atoms with van der Waals surface area (Å²) in [5.74, 6) is 0.922. The lowest BCUT2D eigenvalue weighted by molar-refractivity contribution is 0.0831. The van der Waals surface area contributed by atoms with Crippen LogP contribution >= 0.6 is 0 Å². The Labute approximate surface area is 155 Å². The van der Waals surface area contributed by atoms with Crippen molar-refractivity contribution >= 4 is 0 Å². The number of benzene rings is 1. The highest BCUT2D eigenvalue weighted by Gasteiger charge is 2.30. The van der Waals surface area contributed by atoms with Crippen molar-refractivity contribution in [2.24, 2.45) is 7.05 Å². The molecular formula is C21H27N5. The van der Waals surface area contributed by atoms with Crippen LogP contribution in [0.3, 0.4) is 0 Å². The maximum Gasteiger partial charge on any atom is 0.142 e. The number of hydrogen-bond donors (Lipinski definition) is 0. The predicted molar refractivity (Wildman–Crippen MR) is 102 cm³/mol. The molecule has 2 aromatic rings. The molecule has 0 bridgehead atoms. The zero-order chi connectivity index (χ0) is 17.9. The smallest absolute Gasteiger partial charge is 0.142 e. The Morgan fingerprint density at radius 3 is 2.42 bits per heavy atom. The number of hydrogen-bond acceptors (Lipinski definition) is 4. The summed E-state index contributed by atoms with van der Waals surface area (Å²) in [6.45, 7) is 4.04. The van der Waals surface area contributed by atoms with Gasteiger partial charge in [0.05, 0.1) is 11.8 Å². The third kappa shape index (κ3) is 3.40. The van der Waals surface area contributed by atoms with Crippen molar-refractivity contribution in [2.75, 3.05) is 26.2 Å². The fourth-order valence-electron chi connectivity index (χ4n) is 4.44. The second-order valence-corrected chi connectivity index (χ2v) is 7.51. The number of nitriles is 1. The van der Waals surface area contributed by atoms with Crippen LogP contribution in [-0.4, -0.2) is 51.6 Å². The van der Waals surface area contributed by atoms with Gasteiger partial charge in [-0.15, -0.1) is 0 Å². The molecule has 2 fully saturated rings. The summed E-state index contributed by atoms with van der Waals surface area (Å²) in [4.78, 5) is 9.73. The first-order chi connectivity index (χ1) is 12.8. The van der Waals surface area contributed by atoms with E-state index >= 15 is 0 Å². The van der Waals surface area contributed by atoms with E-state index in [2.05, 4.69) is 28.0 Å². The minimum absolute atomic E-state index is 0.260. The van der Waals surface area contributed by atoms with E-state index < -0.39 is 0 Å². The minimum atomic E-state index is -0.260. The van der Waals surface area contributed by atoms with Gasteiger partial charge in [-0.3, -0.25) is 9.80 Å². The van der Waals surface area contributed by atoms with Crippen molar-refractivity contribution in [3.63, 3.8) is 0 Å². The average Bonchev–Trinajstić information content (AvgIpc) is 3.34. The maximum atomic E-state index is 9.83. The van der Waals surface area contributed by atoms with E-state index in [1.165, 1.54) is 25.7 Å². The molecule has 2 heterocycles. The summed E-state index contributed by atoms with van der Waals surface area (Å²) < 4.78 is 2.03. The van der Waals surface area contributed by atoms with Gasteiger partial charge in [-0.25, -0.2) is 4.98 Å². The fraction of sp³-hybridized carbons (Fsp3) is 0.524. The van der Waals surface area contributed by atoms with Crippen LogP contribution in [0.1, 0.15) is 37.4 Å². The zero-order valence-electron chi connectivity index (χ0n) is 15.5. The molecule has 1 aliphatic carbocycles. The molecule has 1 aromatic carbocycles. The van der Waals surface area contributed by atoms with Gasteiger partial charge in [-0.05, 0) is 12.8 Å². The Balaban J connectivity index is 1.47. The summed E-state index contributed by atoms with van der Waals surface area (Å²) in [6, 6.07) is 13.2. The largest absolute Gasteiger partial charge is 0.334 e. The third-order valence-corrected chi connectivity index (χ3v) is 5.88. The van der Waals surface area contributed by atoms with Crippen LogP contribution in [0, 0.1) is 11.3 Å². The minimum Gasteiger partial charge on any atom is -0.334 e. The summed E-state index contributed by atoms with van der Waals surface area (Å²) in [6.07, 6.45) is 7.47. The molecule has 5 nitrogen and oxygen atoms in total. The van der Waals surface area contributed by atoms with Crippen molar-refractivity contribution in [3.8, 4) is 17.5 Å². The summed E-state index contributed by atoms with van der Waals surface area (Å²) in [7, 11) is 2.01. The van der Waals surface area contributed by atoms with Gasteiger partial charge in [-0.1, -0.05) is 43.2 Å². The lowest BCUT2D eigenvalue weighted by atomic mass is 10.1. The van der Waals surface area contributed by atoms with E-state index in [1.807, 2.05) is 36.0 Å². The highest BCUT2D eigenvalue weighted by Crippen LogP contribution is 2.28. The number of piperazine rings is 1. The van der Waals surface area contributed by atoms with Crippen LogP contribution in [-0.2, 0) is 7.05 Å². The van der Waals surface area contributed by atoms with Crippen LogP contribution in [0.15, 0.2) is 36.5 Å². The third-order valence-electron chi connectivity index (χ3n) is 5.88. The Bertz CT molecular complexity index is 761. The molecule has 0 amide bonds. The second-order valence-electron chi connectivity index (χ2n) is 7.51. The first-order valence-corrected chi connectivity index (χ1v) is 9.72. The molecule has 1 saturated heterocycles. The number of aryl methyl sites for hydroxylation is 1. The molecule has 1 atom stereocenters. The zero-order valence-corrected chi connectivity index (χ0v) is 15.5. The Morgan fingerprint density at radius 2 is 1.77 bits per heavy atom. The van der Waals surface area contributed by atoms with E-state index in [0.717, 1.165) is 49.3 Å². The van der Waals surface area contributed by atoms with Gasteiger partial charge < -0.3 is 4.57 Å². The van der Waals surface area contributed by atoms with Crippen LogP contribution in [0.25, 0.3) is 11.4 Å². The molecule has 0 radical (unpaired) electrons. The molecule has 1 unspecified atom stereocenters. The van der Waals surface area contributed by atoms with Crippen molar-refractivity contribution in [3.05, 3.63) is 42.2 Å². The van der Waals surface area contributed by atoms with Crippen molar-refractivity contribution < 1.29 is 0 Å². The van der Waals surface area contributed by atoms with E-state index in [-0.39, 0.29) is 6.04 Å². The van der Waals surface area contributed by atoms with E-state index in [9.17, 15) is 5.26 Å². The summed E-state index contributed by atoms with van der Waals surface area (Å²) >= 11 is 0. The molecule has 1 saturated carbocycles. The monoisotopic (exact) mass is 349 g/mol. The normalized spacial score (nSPS) is 20.9. The van der Waals surface area contributed by atoms with Gasteiger partial charge >= 0.3 is 0 Å². The number of rotatable bonds is 4. The van der Waals surface area contributed by atoms with Gasteiger partial charge in [0.25, 0.3) is 0 Å². The Kier molecular flexibility index (Phi) is 5.05. The van der Waals surface area contributed by atoms with E-state index in [0.29, 0.717) is 0 Å². The van der Waals surface area contributed by atoms with Crippen LogP contribution in [0.2, 0.25) is 0 Å².